The first-order valence-corrected chi connectivity index (χ1v) is 5.59. The van der Waals surface area contributed by atoms with Crippen LogP contribution >= 0.6 is 0 Å². The Balaban J connectivity index is 2.88. The third-order valence-corrected chi connectivity index (χ3v) is 2.51. The van der Waals surface area contributed by atoms with Crippen LogP contribution in [0, 0.1) is 5.41 Å². The van der Waals surface area contributed by atoms with E-state index in [0.29, 0.717) is 24.3 Å². The second-order valence-corrected chi connectivity index (χ2v) is 3.56. The fourth-order valence-corrected chi connectivity index (χ4v) is 1.53. The fourth-order valence-electron chi connectivity index (χ4n) is 1.53. The maximum absolute atomic E-state index is 11.9. The summed E-state index contributed by atoms with van der Waals surface area (Å²) in [7, 11) is 0. The molecule has 4 N–H and O–H groups in total. The van der Waals surface area contributed by atoms with E-state index < -0.39 is 0 Å². The molecule has 2 amide bonds. The van der Waals surface area contributed by atoms with Crippen molar-refractivity contribution >= 4 is 17.6 Å². The van der Waals surface area contributed by atoms with E-state index in [4.69, 9.17) is 11.1 Å². The number of amides is 2. The molecular formula is C12H18N4O. The van der Waals surface area contributed by atoms with Gasteiger partial charge < -0.3 is 16.0 Å². The quantitative estimate of drug-likeness (QED) is 0.548. The molecule has 0 unspecified atom stereocenters. The maximum Gasteiger partial charge on any atom is 0.321 e. The minimum absolute atomic E-state index is 0.0551. The van der Waals surface area contributed by atoms with Crippen molar-refractivity contribution in [3.63, 3.8) is 0 Å². The number of nitrogens with zero attached hydrogens (tertiary/aromatic N) is 1. The molecule has 0 aliphatic carbocycles. The Bertz CT molecular complexity index is 413. The monoisotopic (exact) mass is 234 g/mol. The summed E-state index contributed by atoms with van der Waals surface area (Å²) in [5.41, 5.74) is 6.55. The van der Waals surface area contributed by atoms with E-state index >= 15 is 0 Å². The van der Waals surface area contributed by atoms with Gasteiger partial charge in [-0.15, -0.1) is 0 Å². The number of para-hydroxylation sites is 1. The van der Waals surface area contributed by atoms with Gasteiger partial charge in [-0.3, -0.25) is 5.41 Å². The molecule has 0 radical (unpaired) electrons. The summed E-state index contributed by atoms with van der Waals surface area (Å²) < 4.78 is 0. The molecule has 0 aliphatic rings. The highest BCUT2D eigenvalue weighted by molar-refractivity contribution is 6.03. The molecule has 1 aromatic rings. The summed E-state index contributed by atoms with van der Waals surface area (Å²) in [5.74, 6) is -0.0551. The molecule has 0 aromatic heterocycles. The van der Waals surface area contributed by atoms with Crippen LogP contribution in [0.15, 0.2) is 24.3 Å². The number of carbonyl (C=O) groups excluding carboxylic acids is 1. The van der Waals surface area contributed by atoms with Crippen molar-refractivity contribution in [3.05, 3.63) is 29.8 Å². The number of amidine groups is 1. The number of nitrogen functional groups attached to an aromatic ring is 1. The Morgan fingerprint density at radius 2 is 1.94 bits per heavy atom. The second-order valence-electron chi connectivity index (χ2n) is 3.56. The van der Waals surface area contributed by atoms with E-state index in [1.54, 1.807) is 29.2 Å². The molecule has 5 heteroatoms. The molecular weight excluding hydrogens is 216 g/mol. The van der Waals surface area contributed by atoms with Gasteiger partial charge in [0.1, 0.15) is 5.84 Å². The first-order valence-electron chi connectivity index (χ1n) is 5.59. The van der Waals surface area contributed by atoms with Crippen LogP contribution in [-0.2, 0) is 0 Å². The topological polar surface area (TPSA) is 82.2 Å². The van der Waals surface area contributed by atoms with Crippen LogP contribution in [0.3, 0.4) is 0 Å². The third-order valence-electron chi connectivity index (χ3n) is 2.51. The van der Waals surface area contributed by atoms with Crippen molar-refractivity contribution in [2.24, 2.45) is 5.73 Å². The van der Waals surface area contributed by atoms with Crippen molar-refractivity contribution < 1.29 is 4.79 Å². The number of rotatable bonds is 4. The zero-order valence-corrected chi connectivity index (χ0v) is 10.2. The molecule has 0 saturated carbocycles. The summed E-state index contributed by atoms with van der Waals surface area (Å²) in [5, 5.41) is 10.2. The Hall–Kier alpha value is -2.04. The number of carbonyl (C=O) groups is 1. The van der Waals surface area contributed by atoms with Crippen LogP contribution in [0.5, 0.6) is 0 Å². The SMILES string of the molecule is CCN(CC)C(=O)Nc1ccccc1C(=N)N. The van der Waals surface area contributed by atoms with Crippen molar-refractivity contribution in [2.75, 3.05) is 18.4 Å². The molecule has 0 aliphatic heterocycles. The fraction of sp³-hybridized carbons (Fsp3) is 0.333. The molecule has 0 spiro atoms. The summed E-state index contributed by atoms with van der Waals surface area (Å²) in [6, 6.07) is 6.84. The predicted octanol–water partition coefficient (Wildman–Crippen LogP) is 1.84. The Morgan fingerprint density at radius 3 is 2.47 bits per heavy atom. The number of urea groups is 1. The van der Waals surface area contributed by atoms with Crippen LogP contribution in [0.25, 0.3) is 0 Å². The largest absolute Gasteiger partial charge is 0.384 e. The lowest BCUT2D eigenvalue weighted by molar-refractivity contribution is 0.217. The average molecular weight is 234 g/mol. The predicted molar refractivity (Wildman–Crippen MR) is 69.4 cm³/mol. The lowest BCUT2D eigenvalue weighted by Crippen LogP contribution is -2.35. The summed E-state index contributed by atoms with van der Waals surface area (Å²) in [6.07, 6.45) is 0. The highest BCUT2D eigenvalue weighted by Gasteiger charge is 2.12. The molecule has 92 valence electrons. The van der Waals surface area contributed by atoms with Crippen molar-refractivity contribution in [2.45, 2.75) is 13.8 Å². The molecule has 1 aromatic carbocycles. The molecule has 5 nitrogen and oxygen atoms in total. The minimum Gasteiger partial charge on any atom is -0.384 e. The summed E-state index contributed by atoms with van der Waals surface area (Å²) >= 11 is 0. The first kappa shape index (κ1) is 13.0. The van der Waals surface area contributed by atoms with Gasteiger partial charge in [0.25, 0.3) is 0 Å². The van der Waals surface area contributed by atoms with E-state index in [2.05, 4.69) is 5.32 Å². The Morgan fingerprint density at radius 1 is 1.35 bits per heavy atom. The van der Waals surface area contributed by atoms with Gasteiger partial charge in [-0.2, -0.15) is 0 Å². The number of hydrogen-bond acceptors (Lipinski definition) is 2. The molecule has 0 bridgehead atoms. The Labute approximate surface area is 101 Å². The summed E-state index contributed by atoms with van der Waals surface area (Å²) in [6.45, 7) is 5.12. The standard InChI is InChI=1S/C12H18N4O/c1-3-16(4-2)12(17)15-10-8-6-5-7-9(10)11(13)14/h5-8H,3-4H2,1-2H3,(H3,13,14)(H,15,17). The lowest BCUT2D eigenvalue weighted by Gasteiger charge is -2.20. The zero-order chi connectivity index (χ0) is 12.8. The van der Waals surface area contributed by atoms with Gasteiger partial charge in [0.2, 0.25) is 0 Å². The minimum atomic E-state index is -0.177. The number of hydrogen-bond donors (Lipinski definition) is 3. The van der Waals surface area contributed by atoms with Crippen LogP contribution in [-0.4, -0.2) is 29.9 Å². The van der Waals surface area contributed by atoms with Gasteiger partial charge in [0.05, 0.1) is 5.69 Å². The van der Waals surface area contributed by atoms with E-state index in [1.165, 1.54) is 0 Å². The van der Waals surface area contributed by atoms with Crippen LogP contribution in [0.2, 0.25) is 0 Å². The highest BCUT2D eigenvalue weighted by atomic mass is 16.2. The van der Waals surface area contributed by atoms with Crippen molar-refractivity contribution in [1.82, 2.24) is 4.90 Å². The van der Waals surface area contributed by atoms with Gasteiger partial charge >= 0.3 is 6.03 Å². The van der Waals surface area contributed by atoms with E-state index in [9.17, 15) is 4.79 Å². The Kier molecular flexibility index (Phi) is 4.51. The molecule has 17 heavy (non-hydrogen) atoms. The van der Waals surface area contributed by atoms with Crippen LogP contribution in [0.4, 0.5) is 10.5 Å². The second kappa shape index (κ2) is 5.89. The number of nitrogens with one attached hydrogen (secondary N) is 2. The smallest absolute Gasteiger partial charge is 0.321 e. The van der Waals surface area contributed by atoms with Crippen molar-refractivity contribution in [3.8, 4) is 0 Å². The van der Waals surface area contributed by atoms with Gasteiger partial charge in [-0.1, -0.05) is 12.1 Å². The van der Waals surface area contributed by atoms with Gasteiger partial charge in [-0.25, -0.2) is 4.79 Å². The third kappa shape index (κ3) is 3.21. The van der Waals surface area contributed by atoms with Crippen LogP contribution < -0.4 is 11.1 Å². The van der Waals surface area contributed by atoms with Gasteiger partial charge in [-0.05, 0) is 26.0 Å². The highest BCUT2D eigenvalue weighted by Crippen LogP contribution is 2.14. The van der Waals surface area contributed by atoms with E-state index in [1.807, 2.05) is 13.8 Å². The molecule has 0 atom stereocenters. The number of anilines is 1. The zero-order valence-electron chi connectivity index (χ0n) is 10.2. The maximum atomic E-state index is 11.9. The molecule has 1 rings (SSSR count). The van der Waals surface area contributed by atoms with Crippen molar-refractivity contribution in [1.29, 1.82) is 5.41 Å². The molecule has 0 fully saturated rings. The molecule has 0 saturated heterocycles. The van der Waals surface area contributed by atoms with Gasteiger partial charge in [0.15, 0.2) is 0 Å². The van der Waals surface area contributed by atoms with E-state index in [-0.39, 0.29) is 11.9 Å². The molecule has 0 heterocycles. The summed E-state index contributed by atoms with van der Waals surface area (Å²) in [4.78, 5) is 13.5. The lowest BCUT2D eigenvalue weighted by atomic mass is 10.1. The normalized spacial score (nSPS) is 9.76. The number of benzene rings is 1. The first-order chi connectivity index (χ1) is 8.10. The van der Waals surface area contributed by atoms with Gasteiger partial charge in [0, 0.05) is 18.7 Å². The van der Waals surface area contributed by atoms with E-state index in [0.717, 1.165) is 0 Å². The van der Waals surface area contributed by atoms with Crippen LogP contribution in [0.1, 0.15) is 19.4 Å². The number of nitrogens with two attached hydrogens (primary N) is 1. The average Bonchev–Trinajstić information content (AvgIpc) is 2.31.